The minimum Gasteiger partial charge on any atom is -0.375 e. The molecular weight excluding hydrogens is 330 g/mol. The van der Waals surface area contributed by atoms with Gasteiger partial charge >= 0.3 is 0 Å². The second-order valence-electron chi connectivity index (χ2n) is 7.11. The maximum absolute atomic E-state index is 11.9. The van der Waals surface area contributed by atoms with Gasteiger partial charge in [-0.1, -0.05) is 0 Å². The number of aliphatic imine (C=N–C) groups is 1. The molecule has 0 bridgehead atoms. The van der Waals surface area contributed by atoms with Crippen molar-refractivity contribution in [3.63, 3.8) is 0 Å². The Morgan fingerprint density at radius 1 is 1.29 bits per heavy atom. The maximum atomic E-state index is 11.9. The Morgan fingerprint density at radius 3 is 2.58 bits per heavy atom. The van der Waals surface area contributed by atoms with E-state index in [0.29, 0.717) is 6.61 Å². The molecule has 2 unspecified atom stereocenters. The summed E-state index contributed by atoms with van der Waals surface area (Å²) in [4.78, 5) is 6.74. The summed E-state index contributed by atoms with van der Waals surface area (Å²) in [6.07, 6.45) is 3.59. The fraction of sp³-hybridized carbons (Fsp3) is 0.938. The van der Waals surface area contributed by atoms with Crippen LogP contribution < -0.4 is 5.32 Å². The van der Waals surface area contributed by atoms with Gasteiger partial charge in [0.15, 0.2) is 15.8 Å². The maximum Gasteiger partial charge on any atom is 0.194 e. The van der Waals surface area contributed by atoms with Gasteiger partial charge in [-0.3, -0.25) is 4.99 Å². The van der Waals surface area contributed by atoms with Gasteiger partial charge in [0.1, 0.15) is 6.10 Å². The summed E-state index contributed by atoms with van der Waals surface area (Å²) < 4.78 is 34.5. The van der Waals surface area contributed by atoms with E-state index in [4.69, 9.17) is 9.47 Å². The first-order chi connectivity index (χ1) is 11.2. The van der Waals surface area contributed by atoms with Gasteiger partial charge in [0.05, 0.1) is 24.0 Å². The number of hydrogen-bond donors (Lipinski definition) is 1. The van der Waals surface area contributed by atoms with Crippen molar-refractivity contribution in [1.29, 1.82) is 0 Å². The molecule has 2 atom stereocenters. The normalized spacial score (nSPS) is 26.7. The molecule has 0 spiro atoms. The lowest BCUT2D eigenvalue weighted by molar-refractivity contribution is -0.0817. The standard InChI is InChI=1S/C16H31N3O4S/c1-5-17-15(18-12-16(2,3)24(4,20)21)19-8-10-23-14(11-19)13-7-6-9-22-13/h13-14H,5-12H2,1-4H3,(H,17,18). The smallest absolute Gasteiger partial charge is 0.194 e. The van der Waals surface area contributed by atoms with E-state index in [-0.39, 0.29) is 18.8 Å². The zero-order valence-electron chi connectivity index (χ0n) is 15.2. The Hall–Kier alpha value is -0.860. The molecular formula is C16H31N3O4S. The van der Waals surface area contributed by atoms with E-state index in [2.05, 4.69) is 15.2 Å². The van der Waals surface area contributed by atoms with Crippen LogP contribution in [0.25, 0.3) is 0 Å². The van der Waals surface area contributed by atoms with Crippen molar-refractivity contribution >= 4 is 15.8 Å². The lowest BCUT2D eigenvalue weighted by Crippen LogP contribution is -2.53. The highest BCUT2D eigenvalue weighted by atomic mass is 32.2. The van der Waals surface area contributed by atoms with Crippen molar-refractivity contribution in [3.8, 4) is 0 Å². The summed E-state index contributed by atoms with van der Waals surface area (Å²) in [5, 5.41) is 3.27. The third kappa shape index (κ3) is 4.83. The zero-order chi connectivity index (χ0) is 17.8. The van der Waals surface area contributed by atoms with Crippen molar-refractivity contribution in [2.45, 2.75) is 50.6 Å². The third-order valence-electron chi connectivity index (χ3n) is 4.72. The van der Waals surface area contributed by atoms with Crippen LogP contribution in [-0.2, 0) is 19.3 Å². The number of ether oxygens (including phenoxy) is 2. The largest absolute Gasteiger partial charge is 0.375 e. The minimum atomic E-state index is -3.17. The first kappa shape index (κ1) is 19.5. The van der Waals surface area contributed by atoms with Crippen molar-refractivity contribution < 1.29 is 17.9 Å². The van der Waals surface area contributed by atoms with E-state index in [1.165, 1.54) is 6.26 Å². The Morgan fingerprint density at radius 2 is 2.00 bits per heavy atom. The highest BCUT2D eigenvalue weighted by molar-refractivity contribution is 7.92. The van der Waals surface area contributed by atoms with Gasteiger partial charge in [0.2, 0.25) is 0 Å². The van der Waals surface area contributed by atoms with Crippen molar-refractivity contribution in [2.75, 3.05) is 45.6 Å². The van der Waals surface area contributed by atoms with Crippen LogP contribution in [0.2, 0.25) is 0 Å². The fourth-order valence-corrected chi connectivity index (χ4v) is 3.10. The number of rotatable bonds is 5. The molecule has 0 aliphatic carbocycles. The lowest BCUT2D eigenvalue weighted by Gasteiger charge is -2.37. The molecule has 2 saturated heterocycles. The number of nitrogens with one attached hydrogen (secondary N) is 1. The monoisotopic (exact) mass is 361 g/mol. The van der Waals surface area contributed by atoms with E-state index in [1.54, 1.807) is 13.8 Å². The predicted octanol–water partition coefficient (Wildman–Crippen LogP) is 0.655. The average molecular weight is 362 g/mol. The number of hydrogen-bond acceptors (Lipinski definition) is 5. The highest BCUT2D eigenvalue weighted by Gasteiger charge is 2.33. The molecule has 2 aliphatic rings. The summed E-state index contributed by atoms with van der Waals surface area (Å²) >= 11 is 0. The van der Waals surface area contributed by atoms with Gasteiger partial charge in [-0.15, -0.1) is 0 Å². The minimum absolute atomic E-state index is 0.0491. The van der Waals surface area contributed by atoms with E-state index in [1.807, 2.05) is 6.92 Å². The van der Waals surface area contributed by atoms with Gasteiger partial charge in [0.25, 0.3) is 0 Å². The molecule has 2 rings (SSSR count). The molecule has 24 heavy (non-hydrogen) atoms. The fourth-order valence-electron chi connectivity index (χ4n) is 2.80. The highest BCUT2D eigenvalue weighted by Crippen LogP contribution is 2.21. The topological polar surface area (TPSA) is 80.2 Å². The molecule has 8 heteroatoms. The first-order valence-corrected chi connectivity index (χ1v) is 10.6. The Bertz CT molecular complexity index is 542. The molecule has 0 aromatic rings. The number of sulfone groups is 1. The van der Waals surface area contributed by atoms with Crippen molar-refractivity contribution in [1.82, 2.24) is 10.2 Å². The first-order valence-electron chi connectivity index (χ1n) is 8.70. The number of morpholine rings is 1. The molecule has 2 aliphatic heterocycles. The zero-order valence-corrected chi connectivity index (χ0v) is 16.1. The van der Waals surface area contributed by atoms with Crippen LogP contribution in [0.4, 0.5) is 0 Å². The Kier molecular flexibility index (Phi) is 6.50. The van der Waals surface area contributed by atoms with Gasteiger partial charge in [0, 0.05) is 32.5 Å². The lowest BCUT2D eigenvalue weighted by atomic mass is 10.1. The summed E-state index contributed by atoms with van der Waals surface area (Å²) in [6.45, 7) is 9.30. The molecule has 0 aromatic heterocycles. The van der Waals surface area contributed by atoms with Crippen LogP contribution in [0.3, 0.4) is 0 Å². The SMILES string of the molecule is CCNC(=NCC(C)(C)S(C)(=O)=O)N1CCOC(C2CCCO2)C1. The Labute approximate surface area is 145 Å². The van der Waals surface area contributed by atoms with E-state index < -0.39 is 14.6 Å². The van der Waals surface area contributed by atoms with Crippen LogP contribution in [0.1, 0.15) is 33.6 Å². The molecule has 2 fully saturated rings. The molecule has 7 nitrogen and oxygen atoms in total. The molecule has 2 heterocycles. The summed E-state index contributed by atoms with van der Waals surface area (Å²) in [5.41, 5.74) is 0. The molecule has 0 saturated carbocycles. The van der Waals surface area contributed by atoms with E-state index >= 15 is 0 Å². The van der Waals surface area contributed by atoms with Crippen LogP contribution >= 0.6 is 0 Å². The van der Waals surface area contributed by atoms with Crippen LogP contribution in [-0.4, -0.2) is 81.9 Å². The number of nitrogens with zero attached hydrogens (tertiary/aromatic N) is 2. The van der Waals surface area contributed by atoms with E-state index in [0.717, 1.165) is 45.0 Å². The molecule has 140 valence electrons. The van der Waals surface area contributed by atoms with Crippen LogP contribution in [0.15, 0.2) is 4.99 Å². The summed E-state index contributed by atoms with van der Waals surface area (Å²) in [6, 6.07) is 0. The van der Waals surface area contributed by atoms with Crippen molar-refractivity contribution in [2.24, 2.45) is 4.99 Å². The third-order valence-corrected chi connectivity index (χ3v) is 6.86. The van der Waals surface area contributed by atoms with Gasteiger partial charge in [-0.25, -0.2) is 8.42 Å². The molecule has 1 N–H and O–H groups in total. The average Bonchev–Trinajstić information content (AvgIpc) is 3.05. The quantitative estimate of drug-likeness (QED) is 0.572. The van der Waals surface area contributed by atoms with Gasteiger partial charge in [-0.2, -0.15) is 0 Å². The summed E-state index contributed by atoms with van der Waals surface area (Å²) in [5.74, 6) is 0.750. The molecule has 0 amide bonds. The second kappa shape index (κ2) is 8.01. The van der Waals surface area contributed by atoms with Crippen LogP contribution in [0, 0.1) is 0 Å². The number of guanidine groups is 1. The Balaban J connectivity index is 2.06. The van der Waals surface area contributed by atoms with Crippen molar-refractivity contribution in [3.05, 3.63) is 0 Å². The molecule has 0 radical (unpaired) electrons. The molecule has 0 aromatic carbocycles. The van der Waals surface area contributed by atoms with Crippen LogP contribution in [0.5, 0.6) is 0 Å². The predicted molar refractivity (Wildman–Crippen MR) is 95.2 cm³/mol. The van der Waals surface area contributed by atoms with Gasteiger partial charge in [-0.05, 0) is 33.6 Å². The summed E-state index contributed by atoms with van der Waals surface area (Å²) in [7, 11) is -3.17. The second-order valence-corrected chi connectivity index (χ2v) is 9.76. The van der Waals surface area contributed by atoms with E-state index in [9.17, 15) is 8.42 Å². The van der Waals surface area contributed by atoms with Gasteiger partial charge < -0.3 is 19.7 Å².